The predicted molar refractivity (Wildman–Crippen MR) is 87.3 cm³/mol. The van der Waals surface area contributed by atoms with Crippen molar-refractivity contribution < 1.29 is 9.59 Å². The van der Waals surface area contributed by atoms with E-state index in [4.69, 9.17) is 0 Å². The van der Waals surface area contributed by atoms with Crippen molar-refractivity contribution in [2.45, 2.75) is 39.5 Å². The molecule has 5 heteroatoms. The van der Waals surface area contributed by atoms with Crippen LogP contribution in [0.15, 0.2) is 11.6 Å². The maximum Gasteiger partial charge on any atom is 0.225 e. The number of allylic oxidation sites excluding steroid dienone is 1. The third-order valence-electron chi connectivity index (χ3n) is 4.62. The Bertz CT molecular complexity index is 422. The lowest BCUT2D eigenvalue weighted by atomic mass is 9.96. The van der Waals surface area contributed by atoms with Gasteiger partial charge in [0.2, 0.25) is 11.8 Å². The number of amides is 2. The van der Waals surface area contributed by atoms with Gasteiger partial charge in [-0.25, -0.2) is 0 Å². The summed E-state index contributed by atoms with van der Waals surface area (Å²) in [6.45, 7) is 8.92. The molecular weight excluding hydrogens is 278 g/mol. The van der Waals surface area contributed by atoms with Crippen molar-refractivity contribution in [3.63, 3.8) is 0 Å². The van der Waals surface area contributed by atoms with Crippen LogP contribution in [0.2, 0.25) is 0 Å². The third kappa shape index (κ3) is 5.44. The Kier molecular flexibility index (Phi) is 6.43. The Morgan fingerprint density at radius 2 is 2.09 bits per heavy atom. The maximum atomic E-state index is 12.0. The molecule has 1 atom stereocenters. The van der Waals surface area contributed by atoms with E-state index in [1.54, 1.807) is 0 Å². The van der Waals surface area contributed by atoms with Gasteiger partial charge >= 0.3 is 0 Å². The SMILES string of the molecule is CC(C)=CCCN1CCC(CNC(=O)C2CNC(=O)C2)CC1. The summed E-state index contributed by atoms with van der Waals surface area (Å²) >= 11 is 0. The van der Waals surface area contributed by atoms with E-state index in [0.717, 1.165) is 45.4 Å². The Labute approximate surface area is 133 Å². The molecule has 2 fully saturated rings. The van der Waals surface area contributed by atoms with Crippen LogP contribution in [-0.4, -0.2) is 49.4 Å². The lowest BCUT2D eigenvalue weighted by Gasteiger charge is -2.32. The van der Waals surface area contributed by atoms with Crippen molar-refractivity contribution in [2.24, 2.45) is 11.8 Å². The normalized spacial score (nSPS) is 23.2. The molecule has 0 aliphatic carbocycles. The molecule has 2 amide bonds. The molecule has 1 unspecified atom stereocenters. The Morgan fingerprint density at radius 3 is 2.68 bits per heavy atom. The number of hydrogen-bond acceptors (Lipinski definition) is 3. The van der Waals surface area contributed by atoms with E-state index in [-0.39, 0.29) is 17.7 Å². The first-order valence-electron chi connectivity index (χ1n) is 8.44. The molecule has 2 saturated heterocycles. The van der Waals surface area contributed by atoms with Gasteiger partial charge in [0.15, 0.2) is 0 Å². The van der Waals surface area contributed by atoms with Gasteiger partial charge in [0, 0.05) is 26.1 Å². The summed E-state index contributed by atoms with van der Waals surface area (Å²) in [5, 5.41) is 5.74. The van der Waals surface area contributed by atoms with E-state index >= 15 is 0 Å². The molecule has 0 aromatic heterocycles. The largest absolute Gasteiger partial charge is 0.356 e. The van der Waals surface area contributed by atoms with Crippen molar-refractivity contribution >= 4 is 11.8 Å². The highest BCUT2D eigenvalue weighted by Crippen LogP contribution is 2.17. The van der Waals surface area contributed by atoms with E-state index in [1.165, 1.54) is 5.57 Å². The standard InChI is InChI=1S/C17H29N3O2/c1-13(2)4-3-7-20-8-5-14(6-9-20)11-19-17(22)15-10-16(21)18-12-15/h4,14-15H,3,5-12H2,1-2H3,(H,18,21)(H,19,22). The molecule has 0 spiro atoms. The van der Waals surface area contributed by atoms with Crippen LogP contribution in [0.25, 0.3) is 0 Å². The first kappa shape index (κ1) is 17.0. The van der Waals surface area contributed by atoms with Crippen LogP contribution in [0.3, 0.4) is 0 Å². The van der Waals surface area contributed by atoms with E-state index < -0.39 is 0 Å². The number of hydrogen-bond donors (Lipinski definition) is 2. The van der Waals surface area contributed by atoms with Crippen LogP contribution in [0.4, 0.5) is 0 Å². The molecule has 0 aromatic carbocycles. The zero-order chi connectivity index (χ0) is 15.9. The summed E-state index contributed by atoms with van der Waals surface area (Å²) in [5.41, 5.74) is 1.39. The summed E-state index contributed by atoms with van der Waals surface area (Å²) < 4.78 is 0. The van der Waals surface area contributed by atoms with Crippen LogP contribution in [0.1, 0.15) is 39.5 Å². The minimum Gasteiger partial charge on any atom is -0.356 e. The Morgan fingerprint density at radius 1 is 1.36 bits per heavy atom. The van der Waals surface area contributed by atoms with Crippen LogP contribution < -0.4 is 10.6 Å². The van der Waals surface area contributed by atoms with Crippen LogP contribution in [0.5, 0.6) is 0 Å². The predicted octanol–water partition coefficient (Wildman–Crippen LogP) is 1.31. The van der Waals surface area contributed by atoms with Crippen molar-refractivity contribution in [1.82, 2.24) is 15.5 Å². The number of carbonyl (C=O) groups is 2. The van der Waals surface area contributed by atoms with Crippen LogP contribution >= 0.6 is 0 Å². The van der Waals surface area contributed by atoms with Gasteiger partial charge in [0.1, 0.15) is 0 Å². The highest BCUT2D eigenvalue weighted by Gasteiger charge is 2.28. The fourth-order valence-electron chi connectivity index (χ4n) is 3.13. The molecule has 22 heavy (non-hydrogen) atoms. The smallest absolute Gasteiger partial charge is 0.225 e. The van der Waals surface area contributed by atoms with E-state index in [9.17, 15) is 9.59 Å². The van der Waals surface area contributed by atoms with Gasteiger partial charge < -0.3 is 15.5 Å². The van der Waals surface area contributed by atoms with Crippen molar-refractivity contribution in [3.05, 3.63) is 11.6 Å². The van der Waals surface area contributed by atoms with Gasteiger partial charge in [-0.05, 0) is 52.1 Å². The summed E-state index contributed by atoms with van der Waals surface area (Å²) in [6.07, 6.45) is 6.07. The van der Waals surface area contributed by atoms with Gasteiger partial charge in [-0.3, -0.25) is 9.59 Å². The van der Waals surface area contributed by atoms with Gasteiger partial charge in [-0.2, -0.15) is 0 Å². The molecule has 0 radical (unpaired) electrons. The third-order valence-corrected chi connectivity index (χ3v) is 4.62. The highest BCUT2D eigenvalue weighted by atomic mass is 16.2. The minimum atomic E-state index is -0.170. The first-order chi connectivity index (χ1) is 10.5. The maximum absolute atomic E-state index is 12.0. The molecule has 5 nitrogen and oxygen atoms in total. The average molecular weight is 307 g/mol. The summed E-state index contributed by atoms with van der Waals surface area (Å²) in [7, 11) is 0. The molecule has 2 N–H and O–H groups in total. The second kappa shape index (κ2) is 8.32. The number of piperidine rings is 1. The van der Waals surface area contributed by atoms with Gasteiger partial charge in [0.05, 0.1) is 5.92 Å². The van der Waals surface area contributed by atoms with Gasteiger partial charge in [-0.15, -0.1) is 0 Å². The van der Waals surface area contributed by atoms with Gasteiger partial charge in [0.25, 0.3) is 0 Å². The average Bonchev–Trinajstić information content (AvgIpc) is 2.92. The molecular formula is C17H29N3O2. The number of nitrogens with zero attached hydrogens (tertiary/aromatic N) is 1. The second-order valence-electron chi connectivity index (χ2n) is 6.81. The fraction of sp³-hybridized carbons (Fsp3) is 0.765. The molecule has 2 rings (SSSR count). The number of likely N-dealkylation sites (tertiary alicyclic amines) is 1. The van der Waals surface area contributed by atoms with Gasteiger partial charge in [-0.1, -0.05) is 11.6 Å². The molecule has 0 saturated carbocycles. The van der Waals surface area contributed by atoms with Crippen molar-refractivity contribution in [2.75, 3.05) is 32.7 Å². The molecule has 124 valence electrons. The monoisotopic (exact) mass is 307 g/mol. The fourth-order valence-corrected chi connectivity index (χ4v) is 3.13. The molecule has 2 heterocycles. The molecule has 2 aliphatic rings. The molecule has 0 aromatic rings. The van der Waals surface area contributed by atoms with Crippen molar-refractivity contribution in [1.29, 1.82) is 0 Å². The number of rotatable bonds is 6. The first-order valence-corrected chi connectivity index (χ1v) is 8.44. The second-order valence-corrected chi connectivity index (χ2v) is 6.81. The zero-order valence-electron chi connectivity index (χ0n) is 13.9. The zero-order valence-corrected chi connectivity index (χ0v) is 13.9. The Hall–Kier alpha value is -1.36. The summed E-state index contributed by atoms with van der Waals surface area (Å²) in [6, 6.07) is 0. The summed E-state index contributed by atoms with van der Waals surface area (Å²) in [5.74, 6) is 0.430. The Balaban J connectivity index is 1.60. The van der Waals surface area contributed by atoms with E-state index in [0.29, 0.717) is 18.9 Å². The van der Waals surface area contributed by atoms with E-state index in [1.807, 2.05) is 0 Å². The van der Waals surface area contributed by atoms with Crippen LogP contribution in [0, 0.1) is 11.8 Å². The lowest BCUT2D eigenvalue weighted by Crippen LogP contribution is -2.40. The summed E-state index contributed by atoms with van der Waals surface area (Å²) in [4.78, 5) is 25.6. The quantitative estimate of drug-likeness (QED) is 0.727. The van der Waals surface area contributed by atoms with Crippen molar-refractivity contribution in [3.8, 4) is 0 Å². The minimum absolute atomic E-state index is 0.00942. The topological polar surface area (TPSA) is 61.4 Å². The molecule has 2 aliphatic heterocycles. The van der Waals surface area contributed by atoms with Crippen LogP contribution in [-0.2, 0) is 9.59 Å². The highest BCUT2D eigenvalue weighted by molar-refractivity contribution is 5.89. The molecule has 0 bridgehead atoms. The lowest BCUT2D eigenvalue weighted by molar-refractivity contribution is -0.126. The number of nitrogens with one attached hydrogen (secondary N) is 2. The number of carbonyl (C=O) groups excluding carboxylic acids is 2. The van der Waals surface area contributed by atoms with E-state index in [2.05, 4.69) is 35.5 Å².